The third kappa shape index (κ3) is 9.61. The topological polar surface area (TPSA) is 74.2 Å². The average molecular weight is 222 g/mol. The molecule has 0 aromatic heterocycles. The predicted molar refractivity (Wildman–Crippen MR) is 51.7 cm³/mol. The van der Waals surface area contributed by atoms with E-state index in [1.807, 2.05) is 6.92 Å². The molecule has 90 valence electrons. The van der Waals surface area contributed by atoms with Crippen LogP contribution in [0.3, 0.4) is 0 Å². The molecule has 0 heterocycles. The van der Waals surface area contributed by atoms with Crippen molar-refractivity contribution < 1.29 is 28.8 Å². The van der Waals surface area contributed by atoms with Gasteiger partial charge >= 0.3 is 5.97 Å². The van der Waals surface area contributed by atoms with Crippen LogP contribution in [0.1, 0.15) is 6.92 Å². The van der Waals surface area contributed by atoms with E-state index in [4.69, 9.17) is 24.1 Å². The van der Waals surface area contributed by atoms with Gasteiger partial charge in [0.25, 0.3) is 0 Å². The number of methoxy groups -OCH3 is 1. The lowest BCUT2D eigenvalue weighted by Gasteiger charge is -2.17. The summed E-state index contributed by atoms with van der Waals surface area (Å²) >= 11 is 0. The summed E-state index contributed by atoms with van der Waals surface area (Å²) in [5.74, 6) is -1.01. The molecule has 0 aliphatic rings. The third-order valence-corrected chi connectivity index (χ3v) is 1.42. The fourth-order valence-corrected chi connectivity index (χ4v) is 0.836. The Bertz CT molecular complexity index is 161. The molecular formula is C9H18O6. The van der Waals surface area contributed by atoms with Gasteiger partial charge in [-0.2, -0.15) is 0 Å². The largest absolute Gasteiger partial charge is 0.480 e. The van der Waals surface area contributed by atoms with Gasteiger partial charge in [-0.05, 0) is 6.92 Å². The molecule has 0 rings (SSSR count). The molecule has 1 N–H and O–H groups in total. The van der Waals surface area contributed by atoms with Crippen molar-refractivity contribution in [1.82, 2.24) is 0 Å². The van der Waals surface area contributed by atoms with Crippen LogP contribution in [0, 0.1) is 0 Å². The van der Waals surface area contributed by atoms with Gasteiger partial charge in [0.1, 0.15) is 6.61 Å². The van der Waals surface area contributed by atoms with E-state index in [-0.39, 0.29) is 13.2 Å². The Labute approximate surface area is 89.1 Å². The summed E-state index contributed by atoms with van der Waals surface area (Å²) in [7, 11) is 1.57. The molecule has 6 nitrogen and oxygen atoms in total. The van der Waals surface area contributed by atoms with Crippen molar-refractivity contribution in [1.29, 1.82) is 0 Å². The maximum absolute atomic E-state index is 10.2. The fourth-order valence-electron chi connectivity index (χ4n) is 0.836. The number of hydrogen-bond donors (Lipinski definition) is 1. The number of carboxylic acid groups (broad SMARTS) is 1. The van der Waals surface area contributed by atoms with E-state index >= 15 is 0 Å². The minimum absolute atomic E-state index is 0.101. The van der Waals surface area contributed by atoms with E-state index in [0.717, 1.165) is 0 Å². The minimum Gasteiger partial charge on any atom is -0.480 e. The molecule has 0 spiro atoms. The van der Waals surface area contributed by atoms with Gasteiger partial charge in [0.05, 0.1) is 19.8 Å². The van der Waals surface area contributed by atoms with E-state index < -0.39 is 12.3 Å². The Morgan fingerprint density at radius 2 is 2.07 bits per heavy atom. The average Bonchev–Trinajstić information content (AvgIpc) is 2.17. The van der Waals surface area contributed by atoms with Crippen molar-refractivity contribution in [2.24, 2.45) is 0 Å². The Morgan fingerprint density at radius 1 is 1.33 bits per heavy atom. The van der Waals surface area contributed by atoms with Crippen LogP contribution >= 0.6 is 0 Å². The molecule has 0 bridgehead atoms. The minimum atomic E-state index is -1.01. The van der Waals surface area contributed by atoms with Gasteiger partial charge in [-0.15, -0.1) is 0 Å². The van der Waals surface area contributed by atoms with Gasteiger partial charge in [0.2, 0.25) is 0 Å². The lowest BCUT2D eigenvalue weighted by Crippen LogP contribution is -2.26. The molecule has 15 heavy (non-hydrogen) atoms. The zero-order valence-corrected chi connectivity index (χ0v) is 9.10. The Hall–Kier alpha value is -0.690. The van der Waals surface area contributed by atoms with Gasteiger partial charge in [-0.3, -0.25) is 0 Å². The highest BCUT2D eigenvalue weighted by molar-refractivity contribution is 5.67. The molecule has 1 unspecified atom stereocenters. The molecule has 0 amide bonds. The Morgan fingerprint density at radius 3 is 2.60 bits per heavy atom. The van der Waals surface area contributed by atoms with Crippen molar-refractivity contribution >= 4 is 5.97 Å². The van der Waals surface area contributed by atoms with Crippen molar-refractivity contribution in [3.63, 3.8) is 0 Å². The summed E-state index contributed by atoms with van der Waals surface area (Å²) in [6, 6.07) is 0. The summed E-state index contributed by atoms with van der Waals surface area (Å²) in [6.07, 6.45) is -0.538. The normalized spacial score (nSPS) is 12.7. The standard InChI is InChI=1S/C9H18O6/c1-3-14-9(15-5-4-12-2)7-13-6-8(10)11/h9H,3-7H2,1-2H3,(H,10,11). The van der Waals surface area contributed by atoms with Crippen LogP contribution in [-0.4, -0.2) is 57.5 Å². The maximum atomic E-state index is 10.2. The highest BCUT2D eigenvalue weighted by Crippen LogP contribution is 1.96. The van der Waals surface area contributed by atoms with Crippen LogP contribution in [0.25, 0.3) is 0 Å². The van der Waals surface area contributed by atoms with Crippen LogP contribution in [0.4, 0.5) is 0 Å². The Kier molecular flexibility index (Phi) is 9.40. The van der Waals surface area contributed by atoms with Crippen LogP contribution in [0.5, 0.6) is 0 Å². The van der Waals surface area contributed by atoms with Crippen LogP contribution in [0.15, 0.2) is 0 Å². The molecule has 0 aliphatic heterocycles. The van der Waals surface area contributed by atoms with Gasteiger partial charge in [-0.1, -0.05) is 0 Å². The lowest BCUT2D eigenvalue weighted by molar-refractivity contribution is -0.179. The molecular weight excluding hydrogens is 204 g/mol. The zero-order chi connectivity index (χ0) is 11.5. The number of hydrogen-bond acceptors (Lipinski definition) is 5. The Balaban J connectivity index is 3.57. The monoisotopic (exact) mass is 222 g/mol. The molecule has 0 aromatic rings. The summed E-state index contributed by atoms with van der Waals surface area (Å²) in [4.78, 5) is 10.2. The number of rotatable bonds is 10. The maximum Gasteiger partial charge on any atom is 0.329 e. The second-order valence-corrected chi connectivity index (χ2v) is 2.66. The second-order valence-electron chi connectivity index (χ2n) is 2.66. The van der Waals surface area contributed by atoms with E-state index in [1.54, 1.807) is 7.11 Å². The van der Waals surface area contributed by atoms with E-state index in [9.17, 15) is 4.79 Å². The fraction of sp³-hybridized carbons (Fsp3) is 0.889. The van der Waals surface area contributed by atoms with Crippen molar-refractivity contribution in [2.45, 2.75) is 13.2 Å². The number of aliphatic carboxylic acids is 1. The molecule has 0 fully saturated rings. The first-order valence-electron chi connectivity index (χ1n) is 4.72. The van der Waals surface area contributed by atoms with Gasteiger partial charge < -0.3 is 24.1 Å². The molecule has 1 atom stereocenters. The first-order chi connectivity index (χ1) is 7.20. The molecule has 0 saturated carbocycles. The van der Waals surface area contributed by atoms with Crippen LogP contribution in [-0.2, 0) is 23.7 Å². The predicted octanol–water partition coefficient (Wildman–Crippen LogP) is 0.113. The molecule has 6 heteroatoms. The van der Waals surface area contributed by atoms with E-state index in [0.29, 0.717) is 19.8 Å². The van der Waals surface area contributed by atoms with Gasteiger partial charge in [0, 0.05) is 13.7 Å². The number of carbonyl (C=O) groups is 1. The quantitative estimate of drug-likeness (QED) is 0.418. The van der Waals surface area contributed by atoms with Gasteiger partial charge in [0.15, 0.2) is 6.29 Å². The smallest absolute Gasteiger partial charge is 0.329 e. The highest BCUT2D eigenvalue weighted by Gasteiger charge is 2.09. The second kappa shape index (κ2) is 9.85. The highest BCUT2D eigenvalue weighted by atomic mass is 16.7. The molecule has 0 radical (unpaired) electrons. The summed E-state index contributed by atoms with van der Waals surface area (Å²) < 4.78 is 20.1. The third-order valence-electron chi connectivity index (χ3n) is 1.42. The summed E-state index contributed by atoms with van der Waals surface area (Å²) in [5.41, 5.74) is 0. The summed E-state index contributed by atoms with van der Waals surface area (Å²) in [5, 5.41) is 8.34. The van der Waals surface area contributed by atoms with Crippen molar-refractivity contribution in [3.8, 4) is 0 Å². The van der Waals surface area contributed by atoms with Crippen LogP contribution in [0.2, 0.25) is 0 Å². The number of ether oxygens (including phenoxy) is 4. The molecule has 0 saturated heterocycles. The zero-order valence-electron chi connectivity index (χ0n) is 9.10. The van der Waals surface area contributed by atoms with Crippen molar-refractivity contribution in [2.75, 3.05) is 40.1 Å². The first-order valence-corrected chi connectivity index (χ1v) is 4.72. The van der Waals surface area contributed by atoms with Gasteiger partial charge in [-0.25, -0.2) is 4.79 Å². The first kappa shape index (κ1) is 14.3. The van der Waals surface area contributed by atoms with E-state index in [1.165, 1.54) is 0 Å². The molecule has 0 aromatic carbocycles. The lowest BCUT2D eigenvalue weighted by atomic mass is 10.6. The van der Waals surface area contributed by atoms with E-state index in [2.05, 4.69) is 0 Å². The number of carboxylic acids is 1. The SMILES string of the molecule is CCOC(COCC(=O)O)OCCOC. The summed E-state index contributed by atoms with van der Waals surface area (Å²) in [6.45, 7) is 2.90. The van der Waals surface area contributed by atoms with Crippen LogP contribution < -0.4 is 0 Å². The van der Waals surface area contributed by atoms with Crippen molar-refractivity contribution in [3.05, 3.63) is 0 Å². The molecule has 0 aliphatic carbocycles.